The number of hydrogen-bond acceptors (Lipinski definition) is 4. The van der Waals surface area contributed by atoms with E-state index in [0.29, 0.717) is 29.9 Å². The normalized spacial score (nSPS) is 20.4. The topological polar surface area (TPSA) is 72.6 Å². The highest BCUT2D eigenvalue weighted by atomic mass is 79.9. The summed E-state index contributed by atoms with van der Waals surface area (Å²) in [5, 5.41) is 0. The Labute approximate surface area is 121 Å². The number of morpholine rings is 1. The van der Waals surface area contributed by atoms with Gasteiger partial charge in [0.1, 0.15) is 0 Å². The van der Waals surface area contributed by atoms with Crippen LogP contribution in [0.1, 0.15) is 13.8 Å². The molecule has 1 aliphatic heterocycles. The number of sulfonamides is 1. The predicted octanol–water partition coefficient (Wildman–Crippen LogP) is 1.83. The SMILES string of the molecule is CC1(C)COCCN1S(=O)(=O)c1ccc(Br)c(N)c1. The van der Waals surface area contributed by atoms with Gasteiger partial charge >= 0.3 is 0 Å². The number of benzene rings is 1. The lowest BCUT2D eigenvalue weighted by Gasteiger charge is -2.40. The first-order valence-electron chi connectivity index (χ1n) is 5.91. The van der Waals surface area contributed by atoms with E-state index in [4.69, 9.17) is 10.5 Å². The largest absolute Gasteiger partial charge is 0.398 e. The molecule has 0 spiro atoms. The standard InChI is InChI=1S/C12H17BrN2O3S/c1-12(2)8-18-6-5-15(12)19(16,17)9-3-4-10(13)11(14)7-9/h3-4,7H,5-6,8,14H2,1-2H3. The van der Waals surface area contributed by atoms with E-state index in [2.05, 4.69) is 15.9 Å². The van der Waals surface area contributed by atoms with E-state index in [1.165, 1.54) is 10.4 Å². The number of nitrogens with zero attached hydrogens (tertiary/aromatic N) is 1. The first-order chi connectivity index (χ1) is 8.75. The molecule has 0 aliphatic carbocycles. The van der Waals surface area contributed by atoms with Crippen LogP contribution in [-0.2, 0) is 14.8 Å². The number of ether oxygens (including phenoxy) is 1. The molecule has 19 heavy (non-hydrogen) atoms. The van der Waals surface area contributed by atoms with Crippen LogP contribution < -0.4 is 5.73 Å². The quantitative estimate of drug-likeness (QED) is 0.827. The van der Waals surface area contributed by atoms with Crippen LogP contribution in [-0.4, -0.2) is 38.0 Å². The monoisotopic (exact) mass is 348 g/mol. The van der Waals surface area contributed by atoms with Crippen LogP contribution in [0.5, 0.6) is 0 Å². The fourth-order valence-corrected chi connectivity index (χ4v) is 4.13. The third-order valence-corrected chi connectivity index (χ3v) is 5.95. The summed E-state index contributed by atoms with van der Waals surface area (Å²) in [5.74, 6) is 0. The second-order valence-electron chi connectivity index (χ2n) is 5.13. The Kier molecular flexibility index (Phi) is 3.92. The lowest BCUT2D eigenvalue weighted by atomic mass is 10.1. The Bertz CT molecular complexity index is 587. The van der Waals surface area contributed by atoms with Crippen LogP contribution in [0.2, 0.25) is 0 Å². The van der Waals surface area contributed by atoms with Crippen molar-refractivity contribution in [1.82, 2.24) is 4.31 Å². The van der Waals surface area contributed by atoms with Gasteiger partial charge in [-0.15, -0.1) is 0 Å². The van der Waals surface area contributed by atoms with Gasteiger partial charge in [0, 0.05) is 16.7 Å². The molecule has 0 unspecified atom stereocenters. The zero-order valence-electron chi connectivity index (χ0n) is 10.9. The third-order valence-electron chi connectivity index (χ3n) is 3.12. The Balaban J connectivity index is 2.44. The van der Waals surface area contributed by atoms with Crippen molar-refractivity contribution in [2.24, 2.45) is 0 Å². The number of hydrogen-bond donors (Lipinski definition) is 1. The third kappa shape index (κ3) is 2.79. The zero-order chi connectivity index (χ0) is 14.3. The molecule has 5 nitrogen and oxygen atoms in total. The van der Waals surface area contributed by atoms with Gasteiger partial charge in [-0.3, -0.25) is 0 Å². The molecule has 1 fully saturated rings. The maximum absolute atomic E-state index is 12.7. The molecule has 1 saturated heterocycles. The van der Waals surface area contributed by atoms with E-state index in [1.54, 1.807) is 12.1 Å². The summed E-state index contributed by atoms with van der Waals surface area (Å²) in [6, 6.07) is 4.68. The summed E-state index contributed by atoms with van der Waals surface area (Å²) in [6.45, 7) is 4.86. The second kappa shape index (κ2) is 5.05. The van der Waals surface area contributed by atoms with Gasteiger partial charge in [0.05, 0.1) is 23.6 Å². The smallest absolute Gasteiger partial charge is 0.243 e. The predicted molar refractivity (Wildman–Crippen MR) is 77.3 cm³/mol. The summed E-state index contributed by atoms with van der Waals surface area (Å²) >= 11 is 3.26. The van der Waals surface area contributed by atoms with Crippen LogP contribution in [0, 0.1) is 0 Å². The van der Waals surface area contributed by atoms with Crippen molar-refractivity contribution in [3.05, 3.63) is 22.7 Å². The molecule has 1 heterocycles. The highest BCUT2D eigenvalue weighted by Crippen LogP contribution is 2.30. The molecule has 2 rings (SSSR count). The summed E-state index contributed by atoms with van der Waals surface area (Å²) < 4.78 is 32.8. The fourth-order valence-electron chi connectivity index (χ4n) is 2.10. The molecular weight excluding hydrogens is 332 g/mol. The van der Waals surface area contributed by atoms with E-state index in [1.807, 2.05) is 13.8 Å². The van der Waals surface area contributed by atoms with Crippen LogP contribution in [0.25, 0.3) is 0 Å². The summed E-state index contributed by atoms with van der Waals surface area (Å²) in [6.07, 6.45) is 0. The highest BCUT2D eigenvalue weighted by molar-refractivity contribution is 9.10. The summed E-state index contributed by atoms with van der Waals surface area (Å²) in [5.41, 5.74) is 5.61. The molecule has 2 N–H and O–H groups in total. The number of halogens is 1. The van der Waals surface area contributed by atoms with Gasteiger partial charge in [-0.25, -0.2) is 8.42 Å². The fraction of sp³-hybridized carbons (Fsp3) is 0.500. The molecule has 1 aromatic carbocycles. The lowest BCUT2D eigenvalue weighted by molar-refractivity contribution is -0.00770. The molecule has 0 radical (unpaired) electrons. The van der Waals surface area contributed by atoms with Gasteiger partial charge in [-0.05, 0) is 48.0 Å². The first-order valence-corrected chi connectivity index (χ1v) is 8.14. The van der Waals surface area contributed by atoms with E-state index in [0.717, 1.165) is 0 Å². The van der Waals surface area contributed by atoms with E-state index < -0.39 is 15.6 Å². The van der Waals surface area contributed by atoms with E-state index >= 15 is 0 Å². The first kappa shape index (κ1) is 14.8. The molecule has 0 aromatic heterocycles. The van der Waals surface area contributed by atoms with Crippen molar-refractivity contribution >= 4 is 31.6 Å². The van der Waals surface area contributed by atoms with Crippen LogP contribution in [0.3, 0.4) is 0 Å². The number of anilines is 1. The van der Waals surface area contributed by atoms with Crippen LogP contribution >= 0.6 is 15.9 Å². The molecule has 0 atom stereocenters. The average molecular weight is 349 g/mol. The average Bonchev–Trinajstić information content (AvgIpc) is 2.31. The zero-order valence-corrected chi connectivity index (χ0v) is 13.3. The van der Waals surface area contributed by atoms with Crippen LogP contribution in [0.4, 0.5) is 5.69 Å². The van der Waals surface area contributed by atoms with E-state index in [9.17, 15) is 8.42 Å². The minimum Gasteiger partial charge on any atom is -0.398 e. The van der Waals surface area contributed by atoms with Crippen molar-refractivity contribution in [3.8, 4) is 0 Å². The minimum atomic E-state index is -3.56. The van der Waals surface area contributed by atoms with Gasteiger partial charge in [0.15, 0.2) is 0 Å². The molecule has 1 aromatic rings. The number of nitrogen functional groups attached to an aromatic ring is 1. The summed E-state index contributed by atoms with van der Waals surface area (Å²) in [4.78, 5) is 0.211. The molecule has 0 amide bonds. The molecular formula is C12H17BrN2O3S. The molecule has 7 heteroatoms. The molecule has 1 aliphatic rings. The maximum atomic E-state index is 12.7. The van der Waals surface area contributed by atoms with Crippen molar-refractivity contribution in [1.29, 1.82) is 0 Å². The van der Waals surface area contributed by atoms with Crippen molar-refractivity contribution < 1.29 is 13.2 Å². The Morgan fingerprint density at radius 3 is 2.68 bits per heavy atom. The van der Waals surface area contributed by atoms with Crippen LogP contribution in [0.15, 0.2) is 27.6 Å². The molecule has 0 saturated carbocycles. The molecule has 106 valence electrons. The van der Waals surface area contributed by atoms with Gasteiger partial charge in [-0.1, -0.05) is 0 Å². The Morgan fingerprint density at radius 2 is 2.11 bits per heavy atom. The lowest BCUT2D eigenvalue weighted by Crippen LogP contribution is -2.55. The Hall–Kier alpha value is -0.630. The minimum absolute atomic E-state index is 0.211. The van der Waals surface area contributed by atoms with Gasteiger partial charge in [-0.2, -0.15) is 4.31 Å². The van der Waals surface area contributed by atoms with Gasteiger partial charge < -0.3 is 10.5 Å². The summed E-state index contributed by atoms with van der Waals surface area (Å²) in [7, 11) is -3.56. The van der Waals surface area contributed by atoms with Gasteiger partial charge in [0.25, 0.3) is 0 Å². The van der Waals surface area contributed by atoms with Crippen molar-refractivity contribution in [2.45, 2.75) is 24.3 Å². The van der Waals surface area contributed by atoms with E-state index in [-0.39, 0.29) is 4.90 Å². The molecule has 0 bridgehead atoms. The number of nitrogens with two attached hydrogens (primary N) is 1. The highest BCUT2D eigenvalue weighted by Gasteiger charge is 2.39. The van der Waals surface area contributed by atoms with Gasteiger partial charge in [0.2, 0.25) is 10.0 Å². The van der Waals surface area contributed by atoms with Crippen molar-refractivity contribution in [3.63, 3.8) is 0 Å². The number of rotatable bonds is 2. The Morgan fingerprint density at radius 1 is 1.42 bits per heavy atom. The second-order valence-corrected chi connectivity index (χ2v) is 7.84. The van der Waals surface area contributed by atoms with Crippen molar-refractivity contribution in [2.75, 3.05) is 25.5 Å². The maximum Gasteiger partial charge on any atom is 0.243 e.